The number of aromatic nitrogens is 3. The fraction of sp³-hybridized carbons (Fsp3) is 0. The number of hydrogen-bond acceptors (Lipinski definition) is 3. The van der Waals surface area contributed by atoms with Crippen molar-refractivity contribution < 1.29 is 4.42 Å². The van der Waals surface area contributed by atoms with Crippen LogP contribution in [0.1, 0.15) is 0 Å². The summed E-state index contributed by atoms with van der Waals surface area (Å²) in [4.78, 5) is 10.6. The number of para-hydroxylation sites is 1. The molecule has 11 aromatic rings. The molecule has 3 heterocycles. The van der Waals surface area contributed by atoms with Crippen molar-refractivity contribution in [3.63, 3.8) is 0 Å². The third kappa shape index (κ3) is 4.34. The van der Waals surface area contributed by atoms with E-state index in [4.69, 9.17) is 14.4 Å². The fourth-order valence-electron chi connectivity index (χ4n) is 7.95. The van der Waals surface area contributed by atoms with Crippen LogP contribution < -0.4 is 0 Å². The predicted molar refractivity (Wildman–Crippen MR) is 215 cm³/mol. The third-order valence-electron chi connectivity index (χ3n) is 10.4. The van der Waals surface area contributed by atoms with Crippen molar-refractivity contribution >= 4 is 65.4 Å². The van der Waals surface area contributed by atoms with Crippen LogP contribution in [0.5, 0.6) is 0 Å². The van der Waals surface area contributed by atoms with Crippen molar-refractivity contribution in [3.05, 3.63) is 176 Å². The van der Waals surface area contributed by atoms with Crippen molar-refractivity contribution in [1.29, 1.82) is 0 Å². The lowest BCUT2D eigenvalue weighted by Crippen LogP contribution is -1.98. The molecule has 0 N–H and O–H groups in total. The van der Waals surface area contributed by atoms with Crippen LogP contribution in [0.2, 0.25) is 0 Å². The minimum atomic E-state index is 0.662. The molecule has 0 aliphatic heterocycles. The second kappa shape index (κ2) is 11.2. The highest BCUT2D eigenvalue weighted by Gasteiger charge is 2.21. The van der Waals surface area contributed by atoms with Crippen LogP contribution in [0.25, 0.3) is 105 Å². The highest BCUT2D eigenvalue weighted by molar-refractivity contribution is 6.15. The van der Waals surface area contributed by atoms with E-state index in [9.17, 15) is 0 Å². The Morgan fingerprint density at radius 1 is 0.423 bits per heavy atom. The molecule has 3 aromatic heterocycles. The average molecular weight is 664 g/mol. The van der Waals surface area contributed by atoms with Crippen molar-refractivity contribution in [2.24, 2.45) is 0 Å². The molecule has 0 aliphatic rings. The molecular formula is C48H29N3O. The van der Waals surface area contributed by atoms with E-state index in [1.807, 2.05) is 30.3 Å². The van der Waals surface area contributed by atoms with Gasteiger partial charge in [0.2, 0.25) is 0 Å². The molecule has 0 fully saturated rings. The van der Waals surface area contributed by atoms with E-state index in [2.05, 4.69) is 150 Å². The van der Waals surface area contributed by atoms with Crippen LogP contribution in [-0.2, 0) is 0 Å². The van der Waals surface area contributed by atoms with E-state index < -0.39 is 0 Å². The van der Waals surface area contributed by atoms with E-state index in [1.54, 1.807) is 0 Å². The van der Waals surface area contributed by atoms with Crippen molar-refractivity contribution in [2.75, 3.05) is 0 Å². The molecule has 0 bridgehead atoms. The molecule has 0 unspecified atom stereocenters. The van der Waals surface area contributed by atoms with Crippen molar-refractivity contribution in [3.8, 4) is 39.5 Å². The Kier molecular flexibility index (Phi) is 6.22. The van der Waals surface area contributed by atoms with Crippen LogP contribution in [0.15, 0.2) is 180 Å². The Bertz CT molecular complexity index is 3180. The Morgan fingerprint density at radius 3 is 1.90 bits per heavy atom. The molecule has 11 rings (SSSR count). The van der Waals surface area contributed by atoms with Gasteiger partial charge in [0.15, 0.2) is 11.4 Å². The topological polar surface area (TPSA) is 43.9 Å². The number of benzene rings is 8. The van der Waals surface area contributed by atoms with E-state index in [0.29, 0.717) is 11.4 Å². The molecule has 52 heavy (non-hydrogen) atoms. The van der Waals surface area contributed by atoms with Gasteiger partial charge in [-0.2, -0.15) is 0 Å². The second-order valence-electron chi connectivity index (χ2n) is 13.4. The van der Waals surface area contributed by atoms with E-state index in [1.165, 1.54) is 32.6 Å². The Balaban J connectivity index is 1.18. The fourth-order valence-corrected chi connectivity index (χ4v) is 7.95. The van der Waals surface area contributed by atoms with E-state index >= 15 is 0 Å². The summed E-state index contributed by atoms with van der Waals surface area (Å²) >= 11 is 0. The van der Waals surface area contributed by atoms with Gasteiger partial charge >= 0.3 is 0 Å². The minimum Gasteiger partial charge on any atom is -0.452 e. The van der Waals surface area contributed by atoms with Gasteiger partial charge in [-0.1, -0.05) is 133 Å². The molecule has 0 aliphatic carbocycles. The Hall–Kier alpha value is -7.04. The number of hydrogen-bond donors (Lipinski definition) is 0. The molecule has 0 saturated heterocycles. The first-order valence-corrected chi connectivity index (χ1v) is 17.6. The molecule has 0 radical (unpaired) electrons. The van der Waals surface area contributed by atoms with Gasteiger partial charge in [-0.3, -0.25) is 0 Å². The Morgan fingerprint density at radius 2 is 1.10 bits per heavy atom. The molecule has 0 amide bonds. The third-order valence-corrected chi connectivity index (χ3v) is 10.4. The summed E-state index contributed by atoms with van der Waals surface area (Å²) in [6.07, 6.45) is 0. The molecule has 0 saturated carbocycles. The number of nitrogens with zero attached hydrogens (tertiary/aromatic N) is 3. The second-order valence-corrected chi connectivity index (χ2v) is 13.4. The van der Waals surface area contributed by atoms with Gasteiger partial charge in [0.25, 0.3) is 0 Å². The lowest BCUT2D eigenvalue weighted by Gasteiger charge is -2.15. The average Bonchev–Trinajstić information content (AvgIpc) is 3.74. The van der Waals surface area contributed by atoms with Gasteiger partial charge in [-0.25, -0.2) is 9.97 Å². The summed E-state index contributed by atoms with van der Waals surface area (Å²) in [6, 6.07) is 62.1. The first-order chi connectivity index (χ1) is 25.8. The quantitative estimate of drug-likeness (QED) is 0.188. The van der Waals surface area contributed by atoms with Gasteiger partial charge in [-0.05, 0) is 69.8 Å². The maximum atomic E-state index is 6.56. The summed E-state index contributed by atoms with van der Waals surface area (Å²) in [5, 5.41) is 8.12. The Labute approximate surface area is 298 Å². The lowest BCUT2D eigenvalue weighted by atomic mass is 10.0. The number of fused-ring (bicyclic) bond motifs is 8. The minimum absolute atomic E-state index is 0.662. The maximum absolute atomic E-state index is 6.56. The monoisotopic (exact) mass is 663 g/mol. The smallest absolute Gasteiger partial charge is 0.180 e. The van der Waals surface area contributed by atoms with Crippen LogP contribution >= 0.6 is 0 Å². The molecule has 0 spiro atoms. The van der Waals surface area contributed by atoms with Crippen LogP contribution in [0, 0.1) is 0 Å². The van der Waals surface area contributed by atoms with Gasteiger partial charge < -0.3 is 8.98 Å². The van der Waals surface area contributed by atoms with E-state index in [-0.39, 0.29) is 0 Å². The zero-order chi connectivity index (χ0) is 34.2. The van der Waals surface area contributed by atoms with Gasteiger partial charge in [0.05, 0.1) is 16.7 Å². The zero-order valence-corrected chi connectivity index (χ0v) is 28.0. The molecule has 4 nitrogen and oxygen atoms in total. The first-order valence-electron chi connectivity index (χ1n) is 17.6. The summed E-state index contributed by atoms with van der Waals surface area (Å²) in [5.74, 6) is 0.662. The summed E-state index contributed by atoms with van der Waals surface area (Å²) in [5.41, 5.74) is 10.8. The highest BCUT2D eigenvalue weighted by Crippen LogP contribution is 2.41. The van der Waals surface area contributed by atoms with Crippen molar-refractivity contribution in [2.45, 2.75) is 0 Å². The number of furan rings is 1. The summed E-state index contributed by atoms with van der Waals surface area (Å²) in [7, 11) is 0. The van der Waals surface area contributed by atoms with Gasteiger partial charge in [0, 0.05) is 32.7 Å². The highest BCUT2D eigenvalue weighted by atomic mass is 16.3. The number of rotatable bonds is 4. The molecule has 8 aromatic carbocycles. The van der Waals surface area contributed by atoms with Crippen LogP contribution in [0.3, 0.4) is 0 Å². The largest absolute Gasteiger partial charge is 0.452 e. The summed E-state index contributed by atoms with van der Waals surface area (Å²) in [6.45, 7) is 0. The van der Waals surface area contributed by atoms with Gasteiger partial charge in [0.1, 0.15) is 16.8 Å². The van der Waals surface area contributed by atoms with Crippen LogP contribution in [-0.4, -0.2) is 14.5 Å². The lowest BCUT2D eigenvalue weighted by molar-refractivity contribution is 0.667. The molecule has 0 atom stereocenters. The SMILES string of the molecule is c1ccc(-c2ccc3oc4c(-c5ccccc5)nc(-c5ccc(-n6c7ccccc7c7cc8ccccc8cc76)c6ccccc56)nc4c3c2)cc1. The molecule has 4 heteroatoms. The zero-order valence-electron chi connectivity index (χ0n) is 28.0. The van der Waals surface area contributed by atoms with Crippen LogP contribution in [0.4, 0.5) is 0 Å². The molecule has 242 valence electrons. The molecular weight excluding hydrogens is 635 g/mol. The normalized spacial score (nSPS) is 11.8. The maximum Gasteiger partial charge on any atom is 0.180 e. The summed E-state index contributed by atoms with van der Waals surface area (Å²) < 4.78 is 8.97. The van der Waals surface area contributed by atoms with E-state index in [0.717, 1.165) is 60.9 Å². The predicted octanol–water partition coefficient (Wildman–Crippen LogP) is 12.8. The first kappa shape index (κ1) is 28.8. The van der Waals surface area contributed by atoms with Crippen molar-refractivity contribution in [1.82, 2.24) is 14.5 Å². The van der Waals surface area contributed by atoms with Gasteiger partial charge in [-0.15, -0.1) is 0 Å². The standard InChI is InChI=1S/C48H29N3O/c1-3-13-30(14-4-1)34-23-26-44-40(28-34)46-47(52-44)45(31-15-5-2-6-16-31)49-48(50-46)38-24-25-42(36-20-10-9-19-35(36)38)51-41-22-12-11-21-37(41)39-27-32-17-7-8-18-33(32)29-43(39)51/h1-29H.